The Bertz CT molecular complexity index is 1350. The van der Waals surface area contributed by atoms with Gasteiger partial charge in [-0.15, -0.1) is 0 Å². The van der Waals surface area contributed by atoms with Crippen LogP contribution in [0.5, 0.6) is 0 Å². The minimum atomic E-state index is -0.200. The predicted octanol–water partition coefficient (Wildman–Crippen LogP) is 7.91. The van der Waals surface area contributed by atoms with Gasteiger partial charge in [0.15, 0.2) is 0 Å². The number of pyridine rings is 1. The Morgan fingerprint density at radius 3 is 2.34 bits per heavy atom. The van der Waals surface area contributed by atoms with E-state index in [0.717, 1.165) is 55.0 Å². The zero-order chi connectivity index (χ0) is 23.8. The van der Waals surface area contributed by atoms with Crippen LogP contribution in [0.1, 0.15) is 55.6 Å². The van der Waals surface area contributed by atoms with Gasteiger partial charge in [0, 0.05) is 23.9 Å². The molecule has 0 atom stereocenters. The summed E-state index contributed by atoms with van der Waals surface area (Å²) in [6.07, 6.45) is 8.99. The fourth-order valence-electron chi connectivity index (χ4n) is 6.45. The lowest BCUT2D eigenvalue weighted by Crippen LogP contribution is -2.43. The molecule has 35 heavy (non-hydrogen) atoms. The maximum absolute atomic E-state index is 13.9. The van der Waals surface area contributed by atoms with E-state index in [1.807, 2.05) is 24.4 Å². The molecular weight excluding hydrogens is 433 g/mol. The Kier molecular flexibility index (Phi) is 5.72. The van der Waals surface area contributed by atoms with Gasteiger partial charge in [0.05, 0.1) is 5.52 Å². The SMILES string of the molecule is O=C(Cc1ccc(-c2ccccc2)cc1)C1CC2(CCC(c3ccnc4ccc(F)cc34)CC2)C1. The normalized spacial score (nSPS) is 23.8. The summed E-state index contributed by atoms with van der Waals surface area (Å²) >= 11 is 0. The van der Waals surface area contributed by atoms with E-state index < -0.39 is 0 Å². The van der Waals surface area contributed by atoms with Gasteiger partial charge in [-0.05, 0) is 96.4 Å². The van der Waals surface area contributed by atoms with Gasteiger partial charge >= 0.3 is 0 Å². The molecule has 0 N–H and O–H groups in total. The molecule has 0 saturated heterocycles. The number of nitrogens with zero attached hydrogens (tertiary/aromatic N) is 1. The van der Waals surface area contributed by atoms with Gasteiger partial charge < -0.3 is 0 Å². The van der Waals surface area contributed by atoms with Gasteiger partial charge in [-0.1, -0.05) is 54.6 Å². The summed E-state index contributed by atoms with van der Waals surface area (Å²) in [5, 5.41) is 0.952. The molecular formula is C32H30FNO. The lowest BCUT2D eigenvalue weighted by molar-refractivity contribution is -0.131. The first-order valence-corrected chi connectivity index (χ1v) is 12.8. The number of ketones is 1. The molecule has 2 aliphatic carbocycles. The number of carbonyl (C=O) groups is 1. The number of aromatic nitrogens is 1. The van der Waals surface area contributed by atoms with Crippen LogP contribution in [0.2, 0.25) is 0 Å². The third kappa shape index (κ3) is 4.40. The largest absolute Gasteiger partial charge is 0.299 e. The summed E-state index contributed by atoms with van der Waals surface area (Å²) < 4.78 is 13.9. The molecule has 3 heteroatoms. The number of halogens is 1. The van der Waals surface area contributed by atoms with Crippen LogP contribution in [0.4, 0.5) is 4.39 Å². The summed E-state index contributed by atoms with van der Waals surface area (Å²) in [4.78, 5) is 17.4. The van der Waals surface area contributed by atoms with Gasteiger partial charge in [0.2, 0.25) is 0 Å². The first-order chi connectivity index (χ1) is 17.1. The minimum Gasteiger partial charge on any atom is -0.299 e. The lowest BCUT2D eigenvalue weighted by atomic mass is 9.53. The van der Waals surface area contributed by atoms with Crippen molar-refractivity contribution in [1.82, 2.24) is 4.98 Å². The number of benzene rings is 3. The van der Waals surface area contributed by atoms with Crippen molar-refractivity contribution in [3.8, 4) is 11.1 Å². The van der Waals surface area contributed by atoms with E-state index in [9.17, 15) is 9.18 Å². The second-order valence-corrected chi connectivity index (χ2v) is 10.6. The van der Waals surface area contributed by atoms with Crippen molar-refractivity contribution in [1.29, 1.82) is 0 Å². The summed E-state index contributed by atoms with van der Waals surface area (Å²) in [5.74, 6) is 0.844. The molecule has 2 saturated carbocycles. The van der Waals surface area contributed by atoms with E-state index in [0.29, 0.717) is 23.5 Å². The highest BCUT2D eigenvalue weighted by Gasteiger charge is 2.48. The van der Waals surface area contributed by atoms with E-state index in [1.165, 1.54) is 22.8 Å². The fourth-order valence-corrected chi connectivity index (χ4v) is 6.45. The van der Waals surface area contributed by atoms with Crippen molar-refractivity contribution < 1.29 is 9.18 Å². The third-order valence-corrected chi connectivity index (χ3v) is 8.48. The van der Waals surface area contributed by atoms with Gasteiger partial charge in [0.25, 0.3) is 0 Å². The highest BCUT2D eigenvalue weighted by Crippen LogP contribution is 2.57. The third-order valence-electron chi connectivity index (χ3n) is 8.48. The molecule has 0 amide bonds. The number of fused-ring (bicyclic) bond motifs is 1. The van der Waals surface area contributed by atoms with E-state index in [4.69, 9.17) is 0 Å². The molecule has 3 aromatic carbocycles. The Balaban J connectivity index is 1.05. The van der Waals surface area contributed by atoms with Crippen molar-refractivity contribution >= 4 is 16.7 Å². The van der Waals surface area contributed by atoms with Crippen molar-refractivity contribution in [2.24, 2.45) is 11.3 Å². The van der Waals surface area contributed by atoms with Crippen LogP contribution in [0.15, 0.2) is 85.1 Å². The first kappa shape index (κ1) is 22.2. The Morgan fingerprint density at radius 2 is 1.60 bits per heavy atom. The first-order valence-electron chi connectivity index (χ1n) is 12.8. The lowest BCUT2D eigenvalue weighted by Gasteiger charge is -2.51. The molecule has 2 nitrogen and oxygen atoms in total. The summed E-state index contributed by atoms with van der Waals surface area (Å²) in [7, 11) is 0. The van der Waals surface area contributed by atoms with E-state index in [2.05, 4.69) is 47.4 Å². The quantitative estimate of drug-likeness (QED) is 0.301. The van der Waals surface area contributed by atoms with Gasteiger partial charge in [-0.3, -0.25) is 9.78 Å². The van der Waals surface area contributed by atoms with Crippen molar-refractivity contribution in [2.75, 3.05) is 0 Å². The van der Waals surface area contributed by atoms with Crippen LogP contribution < -0.4 is 0 Å². The maximum atomic E-state index is 13.9. The zero-order valence-electron chi connectivity index (χ0n) is 19.9. The average Bonchev–Trinajstić information content (AvgIpc) is 2.88. The smallest absolute Gasteiger partial charge is 0.140 e. The monoisotopic (exact) mass is 463 g/mol. The molecule has 1 heterocycles. The van der Waals surface area contributed by atoms with Crippen molar-refractivity contribution in [3.05, 3.63) is 102 Å². The second-order valence-electron chi connectivity index (χ2n) is 10.6. The summed E-state index contributed by atoms with van der Waals surface area (Å²) in [6.45, 7) is 0. The van der Waals surface area contributed by atoms with Crippen LogP contribution in [0, 0.1) is 17.2 Å². The van der Waals surface area contributed by atoms with Crippen LogP contribution >= 0.6 is 0 Å². The van der Waals surface area contributed by atoms with E-state index in [1.54, 1.807) is 12.1 Å². The topological polar surface area (TPSA) is 30.0 Å². The van der Waals surface area contributed by atoms with Gasteiger partial charge in [-0.2, -0.15) is 0 Å². The number of rotatable bonds is 5. The van der Waals surface area contributed by atoms with Crippen LogP contribution in [0.3, 0.4) is 0 Å². The highest BCUT2D eigenvalue weighted by molar-refractivity contribution is 5.84. The summed E-state index contributed by atoms with van der Waals surface area (Å²) in [6, 6.07) is 25.7. The molecule has 0 aliphatic heterocycles. The molecule has 0 bridgehead atoms. The van der Waals surface area contributed by atoms with Crippen LogP contribution in [-0.2, 0) is 11.2 Å². The molecule has 1 aromatic heterocycles. The zero-order valence-corrected chi connectivity index (χ0v) is 19.9. The molecule has 4 aromatic rings. The predicted molar refractivity (Wildman–Crippen MR) is 139 cm³/mol. The minimum absolute atomic E-state index is 0.200. The van der Waals surface area contributed by atoms with E-state index >= 15 is 0 Å². The fraction of sp³-hybridized carbons (Fsp3) is 0.312. The summed E-state index contributed by atoms with van der Waals surface area (Å²) in [5.41, 5.74) is 5.93. The number of hydrogen-bond acceptors (Lipinski definition) is 2. The molecule has 0 unspecified atom stereocenters. The van der Waals surface area contributed by atoms with Gasteiger partial charge in [0.1, 0.15) is 11.6 Å². The Hall–Kier alpha value is -3.33. The molecule has 1 spiro atoms. The van der Waals surface area contributed by atoms with Crippen LogP contribution in [-0.4, -0.2) is 10.8 Å². The maximum Gasteiger partial charge on any atom is 0.140 e. The Morgan fingerprint density at radius 1 is 0.886 bits per heavy atom. The molecule has 2 fully saturated rings. The van der Waals surface area contributed by atoms with Crippen LogP contribution in [0.25, 0.3) is 22.0 Å². The Labute approximate surface area is 206 Å². The molecule has 6 rings (SSSR count). The number of carbonyl (C=O) groups excluding carboxylic acids is 1. The number of hydrogen-bond donors (Lipinski definition) is 0. The standard InChI is InChI=1S/C32H30FNO/c33-27-10-11-30-29(19-27)28(14-17-34-30)25-12-15-32(16-13-25)20-26(21-32)31(35)18-22-6-8-24(9-7-22)23-4-2-1-3-5-23/h1-11,14,17,19,25-26H,12-13,15-16,18,20-21H2. The number of Topliss-reactive ketones (excluding diaryl/α,β-unsaturated/α-hetero) is 1. The molecule has 0 radical (unpaired) electrons. The van der Waals surface area contributed by atoms with Gasteiger partial charge in [-0.25, -0.2) is 4.39 Å². The average molecular weight is 464 g/mol. The van der Waals surface area contributed by atoms with E-state index in [-0.39, 0.29) is 11.7 Å². The molecule has 176 valence electrons. The second kappa shape index (κ2) is 9.03. The highest BCUT2D eigenvalue weighted by atomic mass is 19.1. The van der Waals surface area contributed by atoms with Crippen molar-refractivity contribution in [2.45, 2.75) is 50.9 Å². The molecule has 2 aliphatic rings. The van der Waals surface area contributed by atoms with Crippen molar-refractivity contribution in [3.63, 3.8) is 0 Å².